The van der Waals surface area contributed by atoms with Crippen molar-refractivity contribution in [3.8, 4) is 6.07 Å². The largest absolute Gasteiger partial charge is 0.333 e. The predicted octanol–water partition coefficient (Wildman–Crippen LogP) is 1.27. The van der Waals surface area contributed by atoms with Gasteiger partial charge in [-0.1, -0.05) is 25.1 Å². The van der Waals surface area contributed by atoms with Gasteiger partial charge in [-0.05, 0) is 13.3 Å². The molecule has 1 spiro atoms. The number of nitrogens with zero attached hydrogens (tertiary/aromatic N) is 4. The SMILES string of the molecule is Cc1noc(C(=O)N2CC3(C=C(C#N)C(=O)C(C)(C)C3)C2)n1. The summed E-state index contributed by atoms with van der Waals surface area (Å²) in [6.45, 7) is 6.24. The molecule has 0 bridgehead atoms. The maximum absolute atomic E-state index is 12.2. The molecule has 0 saturated carbocycles. The summed E-state index contributed by atoms with van der Waals surface area (Å²) in [5.41, 5.74) is -0.708. The molecule has 1 saturated heterocycles. The summed E-state index contributed by atoms with van der Waals surface area (Å²) in [5.74, 6) is -0.0524. The molecule has 2 aliphatic rings. The van der Waals surface area contributed by atoms with Crippen molar-refractivity contribution < 1.29 is 14.1 Å². The molecule has 3 rings (SSSR count). The Kier molecular flexibility index (Phi) is 2.96. The molecule has 7 nitrogen and oxygen atoms in total. The van der Waals surface area contributed by atoms with E-state index in [1.807, 2.05) is 19.9 Å². The summed E-state index contributed by atoms with van der Waals surface area (Å²) in [7, 11) is 0. The minimum Gasteiger partial charge on any atom is -0.333 e. The van der Waals surface area contributed by atoms with Gasteiger partial charge in [0.1, 0.15) is 6.07 Å². The first kappa shape index (κ1) is 14.4. The highest BCUT2D eigenvalue weighted by Gasteiger charge is 2.52. The van der Waals surface area contributed by atoms with Crippen molar-refractivity contribution in [2.75, 3.05) is 13.1 Å². The quantitative estimate of drug-likeness (QED) is 0.774. The molecule has 0 radical (unpaired) electrons. The third-order valence-corrected chi connectivity index (χ3v) is 4.23. The van der Waals surface area contributed by atoms with Gasteiger partial charge in [-0.3, -0.25) is 9.59 Å². The summed E-state index contributed by atoms with van der Waals surface area (Å²) in [6, 6.07) is 1.98. The van der Waals surface area contributed by atoms with Crippen LogP contribution in [0.4, 0.5) is 0 Å². The van der Waals surface area contributed by atoms with Crippen LogP contribution in [0, 0.1) is 29.1 Å². The molecule has 0 atom stereocenters. The van der Waals surface area contributed by atoms with Crippen molar-refractivity contribution >= 4 is 11.7 Å². The second kappa shape index (κ2) is 4.50. The lowest BCUT2D eigenvalue weighted by Crippen LogP contribution is -2.60. The number of likely N-dealkylation sites (tertiary alicyclic amines) is 1. The van der Waals surface area contributed by atoms with E-state index in [4.69, 9.17) is 9.78 Å². The highest BCUT2D eigenvalue weighted by molar-refractivity contribution is 6.04. The molecule has 22 heavy (non-hydrogen) atoms. The number of nitriles is 1. The number of amides is 1. The van der Waals surface area contributed by atoms with Gasteiger partial charge in [0, 0.05) is 23.9 Å². The lowest BCUT2D eigenvalue weighted by atomic mass is 9.61. The number of carbonyl (C=O) groups excluding carboxylic acids is 2. The second-order valence-corrected chi connectivity index (χ2v) is 6.73. The van der Waals surface area contributed by atoms with Gasteiger partial charge in [0.15, 0.2) is 11.6 Å². The van der Waals surface area contributed by atoms with Crippen LogP contribution in [0.1, 0.15) is 36.8 Å². The van der Waals surface area contributed by atoms with E-state index in [-0.39, 0.29) is 28.6 Å². The maximum atomic E-state index is 12.2. The van der Waals surface area contributed by atoms with E-state index in [0.29, 0.717) is 25.3 Å². The third-order valence-electron chi connectivity index (χ3n) is 4.23. The molecule has 0 aromatic carbocycles. The minimum atomic E-state index is -0.587. The molecule has 1 fully saturated rings. The molecule has 0 unspecified atom stereocenters. The van der Waals surface area contributed by atoms with E-state index < -0.39 is 5.41 Å². The van der Waals surface area contributed by atoms with Crippen molar-refractivity contribution in [1.82, 2.24) is 15.0 Å². The standard InChI is InChI=1S/C15H16N4O3/c1-9-17-12(22-18-9)13(21)19-7-15(8-19)4-10(5-16)11(20)14(2,3)6-15/h4H,6-8H2,1-3H3. The zero-order chi connectivity index (χ0) is 16.1. The monoisotopic (exact) mass is 300 g/mol. The highest BCUT2D eigenvalue weighted by atomic mass is 16.5. The normalized spacial score (nSPS) is 22.0. The smallest absolute Gasteiger partial charge is 0.316 e. The van der Waals surface area contributed by atoms with Gasteiger partial charge in [0.05, 0.1) is 5.57 Å². The van der Waals surface area contributed by atoms with Crippen LogP contribution in [0.15, 0.2) is 16.2 Å². The molecule has 7 heteroatoms. The molecule has 1 aliphatic heterocycles. The predicted molar refractivity (Wildman–Crippen MR) is 74.5 cm³/mol. The topological polar surface area (TPSA) is 100 Å². The Bertz CT molecular complexity index is 732. The van der Waals surface area contributed by atoms with Gasteiger partial charge in [0.2, 0.25) is 0 Å². The number of rotatable bonds is 1. The Hall–Kier alpha value is -2.49. The van der Waals surface area contributed by atoms with Gasteiger partial charge >= 0.3 is 11.8 Å². The molecule has 1 aliphatic carbocycles. The second-order valence-electron chi connectivity index (χ2n) is 6.73. The highest BCUT2D eigenvalue weighted by Crippen LogP contribution is 2.48. The third kappa shape index (κ3) is 2.11. The van der Waals surface area contributed by atoms with E-state index in [2.05, 4.69) is 10.1 Å². The Balaban J connectivity index is 1.79. The Labute approximate surface area is 127 Å². The van der Waals surface area contributed by atoms with Crippen LogP contribution in [-0.2, 0) is 4.79 Å². The number of aromatic nitrogens is 2. The van der Waals surface area contributed by atoms with Crippen molar-refractivity contribution in [3.05, 3.63) is 23.4 Å². The van der Waals surface area contributed by atoms with E-state index >= 15 is 0 Å². The lowest BCUT2D eigenvalue weighted by molar-refractivity contribution is -0.127. The van der Waals surface area contributed by atoms with E-state index in [1.54, 1.807) is 17.9 Å². The molecular formula is C15H16N4O3. The number of hydrogen-bond donors (Lipinski definition) is 0. The van der Waals surface area contributed by atoms with Crippen molar-refractivity contribution in [1.29, 1.82) is 5.26 Å². The molecule has 1 aromatic rings. The van der Waals surface area contributed by atoms with Crippen LogP contribution < -0.4 is 0 Å². The van der Waals surface area contributed by atoms with Crippen LogP contribution in [-0.4, -0.2) is 39.8 Å². The van der Waals surface area contributed by atoms with Crippen LogP contribution in [0.25, 0.3) is 0 Å². The average molecular weight is 300 g/mol. The Morgan fingerprint density at radius 2 is 2.14 bits per heavy atom. The first-order valence-electron chi connectivity index (χ1n) is 7.04. The summed E-state index contributed by atoms with van der Waals surface area (Å²) in [5, 5.41) is 12.8. The summed E-state index contributed by atoms with van der Waals surface area (Å²) < 4.78 is 4.88. The Morgan fingerprint density at radius 3 is 2.68 bits per heavy atom. The van der Waals surface area contributed by atoms with Crippen LogP contribution in [0.5, 0.6) is 0 Å². The van der Waals surface area contributed by atoms with E-state index in [1.165, 1.54) is 0 Å². The van der Waals surface area contributed by atoms with Crippen molar-refractivity contribution in [3.63, 3.8) is 0 Å². The van der Waals surface area contributed by atoms with Gasteiger partial charge in [-0.15, -0.1) is 0 Å². The molecular weight excluding hydrogens is 284 g/mol. The number of Topliss-reactive ketones (excluding diaryl/α,β-unsaturated/α-hetero) is 1. The number of hydrogen-bond acceptors (Lipinski definition) is 6. The van der Waals surface area contributed by atoms with Crippen LogP contribution in [0.3, 0.4) is 0 Å². The Morgan fingerprint density at radius 1 is 1.45 bits per heavy atom. The van der Waals surface area contributed by atoms with Crippen molar-refractivity contribution in [2.45, 2.75) is 27.2 Å². The summed E-state index contributed by atoms with van der Waals surface area (Å²) in [4.78, 5) is 29.9. The number of aryl methyl sites for hydroxylation is 1. The number of carbonyl (C=O) groups is 2. The summed E-state index contributed by atoms with van der Waals surface area (Å²) in [6.07, 6.45) is 2.35. The summed E-state index contributed by atoms with van der Waals surface area (Å²) >= 11 is 0. The van der Waals surface area contributed by atoms with E-state index in [0.717, 1.165) is 0 Å². The molecule has 2 heterocycles. The molecule has 0 N–H and O–H groups in total. The maximum Gasteiger partial charge on any atom is 0.316 e. The van der Waals surface area contributed by atoms with Crippen molar-refractivity contribution in [2.24, 2.45) is 10.8 Å². The number of allylic oxidation sites excluding steroid dienone is 1. The molecule has 1 aromatic heterocycles. The first-order chi connectivity index (χ1) is 10.3. The molecule has 114 valence electrons. The fraction of sp³-hybridized carbons (Fsp3) is 0.533. The van der Waals surface area contributed by atoms with Crippen LogP contribution >= 0.6 is 0 Å². The zero-order valence-corrected chi connectivity index (χ0v) is 12.7. The van der Waals surface area contributed by atoms with E-state index in [9.17, 15) is 9.59 Å². The average Bonchev–Trinajstić information content (AvgIpc) is 2.85. The van der Waals surface area contributed by atoms with Crippen LogP contribution in [0.2, 0.25) is 0 Å². The minimum absolute atomic E-state index is 0.0250. The lowest BCUT2D eigenvalue weighted by Gasteiger charge is -2.52. The van der Waals surface area contributed by atoms with Gasteiger partial charge in [-0.25, -0.2) is 0 Å². The van der Waals surface area contributed by atoms with Gasteiger partial charge in [0.25, 0.3) is 0 Å². The molecule has 1 amide bonds. The zero-order valence-electron chi connectivity index (χ0n) is 12.7. The van der Waals surface area contributed by atoms with Gasteiger partial charge in [-0.2, -0.15) is 10.2 Å². The number of ketones is 1. The first-order valence-corrected chi connectivity index (χ1v) is 7.04. The fourth-order valence-electron chi connectivity index (χ4n) is 3.41. The van der Waals surface area contributed by atoms with Gasteiger partial charge < -0.3 is 9.42 Å². The fourth-order valence-corrected chi connectivity index (χ4v) is 3.41.